The van der Waals surface area contributed by atoms with Crippen LogP contribution in [0.15, 0.2) is 0 Å². The van der Waals surface area contributed by atoms with Crippen LogP contribution in [-0.2, 0) is 19.1 Å². The molecule has 0 unspecified atom stereocenters. The maximum Gasteiger partial charge on any atom is 0.334 e. The highest BCUT2D eigenvalue weighted by molar-refractivity contribution is 5.99. The zero-order chi connectivity index (χ0) is 14.8. The van der Waals surface area contributed by atoms with Crippen molar-refractivity contribution in [2.45, 2.75) is 64.1 Å². The minimum atomic E-state index is -1.000. The third-order valence-electron chi connectivity index (χ3n) is 3.99. The van der Waals surface area contributed by atoms with E-state index in [1.54, 1.807) is 0 Å². The van der Waals surface area contributed by atoms with Crippen LogP contribution in [-0.4, -0.2) is 48.2 Å². The Bertz CT molecular complexity index is 330. The molecule has 0 saturated carbocycles. The molecular weight excluding hydrogens is 246 g/mol. The minimum Gasteiger partial charge on any atom is -0.467 e. The van der Waals surface area contributed by atoms with E-state index in [0.717, 1.165) is 19.3 Å². The summed E-state index contributed by atoms with van der Waals surface area (Å²) in [5.74, 6) is -1.12. The quantitative estimate of drug-likeness (QED) is 0.578. The van der Waals surface area contributed by atoms with Crippen molar-refractivity contribution in [1.82, 2.24) is 4.90 Å². The summed E-state index contributed by atoms with van der Waals surface area (Å²) >= 11 is 0. The zero-order valence-corrected chi connectivity index (χ0v) is 12.8. The second-order valence-electron chi connectivity index (χ2n) is 6.30. The number of hydrogen-bond donors (Lipinski definition) is 0. The molecule has 5 heteroatoms. The van der Waals surface area contributed by atoms with Crippen LogP contribution in [0.3, 0.4) is 0 Å². The highest BCUT2D eigenvalue weighted by Crippen LogP contribution is 2.40. The molecule has 0 aromatic carbocycles. The van der Waals surface area contributed by atoms with Crippen molar-refractivity contribution in [1.29, 1.82) is 0 Å². The van der Waals surface area contributed by atoms with Gasteiger partial charge in [-0.05, 0) is 47.0 Å². The lowest BCUT2D eigenvalue weighted by atomic mass is 9.78. The van der Waals surface area contributed by atoms with E-state index in [-0.39, 0.29) is 11.1 Å². The summed E-state index contributed by atoms with van der Waals surface area (Å²) < 4.78 is 9.59. The minimum absolute atomic E-state index is 0.255. The van der Waals surface area contributed by atoms with Gasteiger partial charge in [0.25, 0.3) is 0 Å². The van der Waals surface area contributed by atoms with Gasteiger partial charge in [-0.25, -0.2) is 9.59 Å². The van der Waals surface area contributed by atoms with E-state index < -0.39 is 18.0 Å². The number of methoxy groups -OCH3 is 2. The first-order chi connectivity index (χ1) is 8.67. The standard InChI is InChI=1S/C14H25NO4/c1-13(2)8-7-9-14(3,4)15(13)10(11(16)18-5)12(17)19-6/h10H,7-9H2,1-6H3. The number of nitrogens with zero attached hydrogens (tertiary/aromatic N) is 1. The van der Waals surface area contributed by atoms with Gasteiger partial charge in [-0.1, -0.05) is 0 Å². The van der Waals surface area contributed by atoms with E-state index in [1.807, 2.05) is 32.6 Å². The molecule has 1 heterocycles. The van der Waals surface area contributed by atoms with Crippen molar-refractivity contribution in [3.8, 4) is 0 Å². The molecule has 1 aliphatic heterocycles. The van der Waals surface area contributed by atoms with Crippen LogP contribution in [0.25, 0.3) is 0 Å². The third-order valence-corrected chi connectivity index (χ3v) is 3.99. The lowest BCUT2D eigenvalue weighted by Gasteiger charge is -2.54. The fourth-order valence-corrected chi connectivity index (χ4v) is 3.24. The van der Waals surface area contributed by atoms with Gasteiger partial charge in [-0.15, -0.1) is 0 Å². The van der Waals surface area contributed by atoms with E-state index in [2.05, 4.69) is 0 Å². The van der Waals surface area contributed by atoms with Crippen LogP contribution >= 0.6 is 0 Å². The van der Waals surface area contributed by atoms with Crippen molar-refractivity contribution < 1.29 is 19.1 Å². The lowest BCUT2D eigenvalue weighted by Crippen LogP contribution is -2.66. The SMILES string of the molecule is COC(=O)C(C(=O)OC)N1C(C)(C)CCCC1(C)C. The highest BCUT2D eigenvalue weighted by Gasteiger charge is 2.50. The fourth-order valence-electron chi connectivity index (χ4n) is 3.24. The summed E-state index contributed by atoms with van der Waals surface area (Å²) in [7, 11) is 2.59. The van der Waals surface area contributed by atoms with E-state index >= 15 is 0 Å². The second kappa shape index (κ2) is 5.49. The van der Waals surface area contributed by atoms with Gasteiger partial charge in [-0.3, -0.25) is 4.90 Å². The molecular formula is C14H25NO4. The predicted octanol–water partition coefficient (Wildman–Crippen LogP) is 1.74. The van der Waals surface area contributed by atoms with Gasteiger partial charge < -0.3 is 9.47 Å². The smallest absolute Gasteiger partial charge is 0.334 e. The molecule has 0 aromatic rings. The molecule has 19 heavy (non-hydrogen) atoms. The first kappa shape index (κ1) is 16.0. The van der Waals surface area contributed by atoms with E-state index in [0.29, 0.717) is 0 Å². The fraction of sp³-hybridized carbons (Fsp3) is 0.857. The maximum atomic E-state index is 12.0. The molecule has 0 bridgehead atoms. The van der Waals surface area contributed by atoms with E-state index in [1.165, 1.54) is 14.2 Å². The third kappa shape index (κ3) is 3.08. The molecule has 0 aromatic heterocycles. The van der Waals surface area contributed by atoms with E-state index in [4.69, 9.17) is 9.47 Å². The summed E-state index contributed by atoms with van der Waals surface area (Å²) in [4.78, 5) is 26.0. The van der Waals surface area contributed by atoms with Crippen LogP contribution in [0.2, 0.25) is 0 Å². The summed E-state index contributed by atoms with van der Waals surface area (Å²) in [6.45, 7) is 8.19. The number of esters is 2. The Morgan fingerprint density at radius 3 is 1.63 bits per heavy atom. The molecule has 5 nitrogen and oxygen atoms in total. The topological polar surface area (TPSA) is 55.8 Å². The second-order valence-corrected chi connectivity index (χ2v) is 6.30. The Hall–Kier alpha value is -1.10. The largest absolute Gasteiger partial charge is 0.467 e. The molecule has 110 valence electrons. The molecule has 0 aliphatic carbocycles. The van der Waals surface area contributed by atoms with Gasteiger partial charge in [0.2, 0.25) is 6.04 Å². The number of hydrogen-bond acceptors (Lipinski definition) is 5. The van der Waals surface area contributed by atoms with Gasteiger partial charge in [-0.2, -0.15) is 0 Å². The van der Waals surface area contributed by atoms with Crippen molar-refractivity contribution in [2.75, 3.05) is 14.2 Å². The van der Waals surface area contributed by atoms with Gasteiger partial charge in [0.15, 0.2) is 0 Å². The highest BCUT2D eigenvalue weighted by atomic mass is 16.5. The van der Waals surface area contributed by atoms with Crippen molar-refractivity contribution >= 4 is 11.9 Å². The Morgan fingerprint density at radius 2 is 1.32 bits per heavy atom. The number of carbonyl (C=O) groups excluding carboxylic acids is 2. The monoisotopic (exact) mass is 271 g/mol. The molecule has 1 fully saturated rings. The van der Waals surface area contributed by atoms with Crippen LogP contribution in [0, 0.1) is 0 Å². The van der Waals surface area contributed by atoms with Crippen molar-refractivity contribution in [3.05, 3.63) is 0 Å². The lowest BCUT2D eigenvalue weighted by molar-refractivity contribution is -0.173. The Balaban J connectivity index is 3.23. The number of likely N-dealkylation sites (tertiary alicyclic amines) is 1. The Morgan fingerprint density at radius 1 is 0.947 bits per heavy atom. The first-order valence-electron chi connectivity index (χ1n) is 6.62. The number of piperidine rings is 1. The maximum absolute atomic E-state index is 12.0. The Kier molecular flexibility index (Phi) is 4.61. The van der Waals surface area contributed by atoms with Gasteiger partial charge >= 0.3 is 11.9 Å². The Labute approximate surface area is 115 Å². The summed E-state index contributed by atoms with van der Waals surface area (Å²) in [6.07, 6.45) is 2.94. The number of ether oxygens (including phenoxy) is 2. The molecule has 1 rings (SSSR count). The number of carbonyl (C=O) groups is 2. The van der Waals surface area contributed by atoms with Gasteiger partial charge in [0.1, 0.15) is 0 Å². The van der Waals surface area contributed by atoms with Crippen molar-refractivity contribution in [3.63, 3.8) is 0 Å². The number of rotatable bonds is 3. The van der Waals surface area contributed by atoms with Crippen molar-refractivity contribution in [2.24, 2.45) is 0 Å². The molecule has 0 amide bonds. The first-order valence-corrected chi connectivity index (χ1v) is 6.62. The van der Waals surface area contributed by atoms with Crippen LogP contribution in [0.1, 0.15) is 47.0 Å². The van der Waals surface area contributed by atoms with Crippen LogP contribution < -0.4 is 0 Å². The average molecular weight is 271 g/mol. The summed E-state index contributed by atoms with van der Waals surface area (Å²) in [5.41, 5.74) is -0.510. The van der Waals surface area contributed by atoms with Gasteiger partial charge in [0.05, 0.1) is 14.2 Å². The van der Waals surface area contributed by atoms with Gasteiger partial charge in [0, 0.05) is 11.1 Å². The average Bonchev–Trinajstić information content (AvgIpc) is 2.31. The van der Waals surface area contributed by atoms with Crippen LogP contribution in [0.5, 0.6) is 0 Å². The molecule has 1 aliphatic rings. The zero-order valence-electron chi connectivity index (χ0n) is 12.8. The normalized spacial score (nSPS) is 22.1. The predicted molar refractivity (Wildman–Crippen MR) is 71.7 cm³/mol. The molecule has 0 radical (unpaired) electrons. The molecule has 0 spiro atoms. The summed E-state index contributed by atoms with van der Waals surface area (Å²) in [5, 5.41) is 0. The molecule has 1 saturated heterocycles. The summed E-state index contributed by atoms with van der Waals surface area (Å²) in [6, 6.07) is -1.000. The molecule has 0 atom stereocenters. The van der Waals surface area contributed by atoms with E-state index in [9.17, 15) is 9.59 Å². The molecule has 0 N–H and O–H groups in total. The van der Waals surface area contributed by atoms with Crippen LogP contribution in [0.4, 0.5) is 0 Å².